The molecule has 94 valence electrons. The van der Waals surface area contributed by atoms with Crippen LogP contribution in [-0.4, -0.2) is 12.0 Å². The molecule has 0 radical (unpaired) electrons. The summed E-state index contributed by atoms with van der Waals surface area (Å²) >= 11 is 3.32. The van der Waals surface area contributed by atoms with Gasteiger partial charge in [-0.3, -0.25) is 10.1 Å². The third-order valence-electron chi connectivity index (χ3n) is 2.44. The smallest absolute Gasteiger partial charge is 0.270 e. The Bertz CT molecular complexity index is 580. The molecule has 0 saturated carbocycles. The van der Waals surface area contributed by atoms with Gasteiger partial charge in [0.05, 0.1) is 11.5 Å². The van der Waals surface area contributed by atoms with Crippen LogP contribution in [0.2, 0.25) is 0 Å². The Morgan fingerprint density at radius 1 is 1.39 bits per heavy atom. The normalized spacial score (nSPS) is 10.6. The summed E-state index contributed by atoms with van der Waals surface area (Å²) in [6, 6.07) is 8.32. The van der Waals surface area contributed by atoms with Gasteiger partial charge in [-0.1, -0.05) is 0 Å². The van der Waals surface area contributed by atoms with E-state index in [0.29, 0.717) is 16.8 Å². The Labute approximate surface area is 112 Å². The number of hydrogen-bond acceptors (Lipinski definition) is 4. The molecule has 0 bridgehead atoms. The largest absolute Gasteiger partial charge is 0.460 e. The molecule has 0 atom stereocenters. The number of non-ortho nitro benzene ring substituents is 1. The monoisotopic (exact) mass is 310 g/mol. The van der Waals surface area contributed by atoms with E-state index in [1.54, 1.807) is 6.07 Å². The summed E-state index contributed by atoms with van der Waals surface area (Å²) in [6.07, 6.45) is 0. The molecule has 0 fully saturated rings. The summed E-state index contributed by atoms with van der Waals surface area (Å²) in [5, 5.41) is 13.6. The first-order valence-electron chi connectivity index (χ1n) is 5.29. The second kappa shape index (κ2) is 5.32. The third kappa shape index (κ3) is 2.60. The van der Waals surface area contributed by atoms with Gasteiger partial charge in [-0.05, 0) is 41.2 Å². The number of furan rings is 1. The molecule has 1 N–H and O–H groups in total. The number of rotatable bonds is 4. The third-order valence-corrected chi connectivity index (χ3v) is 3.10. The lowest BCUT2D eigenvalue weighted by Gasteiger charge is -2.01. The van der Waals surface area contributed by atoms with Crippen molar-refractivity contribution < 1.29 is 9.34 Å². The molecule has 2 rings (SSSR count). The van der Waals surface area contributed by atoms with Gasteiger partial charge < -0.3 is 9.73 Å². The fourth-order valence-electron chi connectivity index (χ4n) is 1.61. The first-order chi connectivity index (χ1) is 8.61. The molecule has 6 heteroatoms. The molecule has 0 amide bonds. The SMILES string of the molecule is CNCc1ccc(-c2ccc([N+](=O)[O-])cc2Br)o1. The van der Waals surface area contributed by atoms with Crippen molar-refractivity contribution in [2.24, 2.45) is 0 Å². The van der Waals surface area contributed by atoms with E-state index in [1.165, 1.54) is 12.1 Å². The molecular weight excluding hydrogens is 300 g/mol. The predicted octanol–water partition coefficient (Wildman–Crippen LogP) is 3.34. The Hall–Kier alpha value is -1.66. The molecule has 2 aromatic rings. The van der Waals surface area contributed by atoms with E-state index in [-0.39, 0.29) is 5.69 Å². The van der Waals surface area contributed by atoms with E-state index in [0.717, 1.165) is 11.3 Å². The van der Waals surface area contributed by atoms with Crippen LogP contribution >= 0.6 is 15.9 Å². The van der Waals surface area contributed by atoms with Gasteiger partial charge in [-0.25, -0.2) is 0 Å². The average Bonchev–Trinajstić information content (AvgIpc) is 2.77. The zero-order valence-electron chi connectivity index (χ0n) is 9.64. The number of nitro benzene ring substituents is 1. The van der Waals surface area contributed by atoms with Crippen molar-refractivity contribution >= 4 is 21.6 Å². The van der Waals surface area contributed by atoms with Crippen molar-refractivity contribution in [2.75, 3.05) is 7.05 Å². The maximum atomic E-state index is 10.6. The van der Waals surface area contributed by atoms with E-state index in [4.69, 9.17) is 4.42 Å². The van der Waals surface area contributed by atoms with Gasteiger partial charge in [0.1, 0.15) is 11.5 Å². The minimum absolute atomic E-state index is 0.0487. The Balaban J connectivity index is 2.35. The van der Waals surface area contributed by atoms with Crippen LogP contribution in [0.1, 0.15) is 5.76 Å². The minimum atomic E-state index is -0.427. The molecule has 0 spiro atoms. The van der Waals surface area contributed by atoms with Crippen LogP contribution in [0.25, 0.3) is 11.3 Å². The minimum Gasteiger partial charge on any atom is -0.460 e. The van der Waals surface area contributed by atoms with Gasteiger partial charge in [0, 0.05) is 22.2 Å². The second-order valence-corrected chi connectivity index (χ2v) is 4.57. The average molecular weight is 311 g/mol. The summed E-state index contributed by atoms with van der Waals surface area (Å²) in [4.78, 5) is 10.2. The van der Waals surface area contributed by atoms with Gasteiger partial charge in [0.25, 0.3) is 5.69 Å². The van der Waals surface area contributed by atoms with Gasteiger partial charge in [0.2, 0.25) is 0 Å². The molecule has 0 aliphatic carbocycles. The lowest BCUT2D eigenvalue weighted by Crippen LogP contribution is -2.03. The van der Waals surface area contributed by atoms with Crippen molar-refractivity contribution in [3.8, 4) is 11.3 Å². The lowest BCUT2D eigenvalue weighted by molar-refractivity contribution is -0.384. The molecule has 1 aromatic heterocycles. The fourth-order valence-corrected chi connectivity index (χ4v) is 2.17. The number of hydrogen-bond donors (Lipinski definition) is 1. The maximum absolute atomic E-state index is 10.6. The van der Waals surface area contributed by atoms with Crippen LogP contribution in [0, 0.1) is 10.1 Å². The Morgan fingerprint density at radius 2 is 2.17 bits per heavy atom. The number of halogens is 1. The molecule has 1 aromatic carbocycles. The zero-order chi connectivity index (χ0) is 13.1. The van der Waals surface area contributed by atoms with Crippen LogP contribution in [0.5, 0.6) is 0 Å². The fraction of sp³-hybridized carbons (Fsp3) is 0.167. The first kappa shape index (κ1) is 12.8. The summed E-state index contributed by atoms with van der Waals surface area (Å²) in [7, 11) is 1.84. The highest BCUT2D eigenvalue weighted by atomic mass is 79.9. The van der Waals surface area contributed by atoms with Crippen molar-refractivity contribution in [2.45, 2.75) is 6.54 Å². The van der Waals surface area contributed by atoms with Gasteiger partial charge >= 0.3 is 0 Å². The van der Waals surface area contributed by atoms with Crippen LogP contribution < -0.4 is 5.32 Å². The molecule has 0 aliphatic rings. The highest BCUT2D eigenvalue weighted by Gasteiger charge is 2.12. The standard InChI is InChI=1S/C12H11BrN2O3/c1-14-7-9-3-5-12(18-9)10-4-2-8(15(16)17)6-11(10)13/h2-6,14H,7H2,1H3. The van der Waals surface area contributed by atoms with E-state index in [2.05, 4.69) is 21.2 Å². The van der Waals surface area contributed by atoms with Crippen molar-refractivity contribution in [1.82, 2.24) is 5.32 Å². The first-order valence-corrected chi connectivity index (χ1v) is 6.08. The van der Waals surface area contributed by atoms with Crippen LogP contribution in [-0.2, 0) is 6.54 Å². The second-order valence-electron chi connectivity index (χ2n) is 3.72. The molecule has 5 nitrogen and oxygen atoms in total. The summed E-state index contributed by atoms with van der Waals surface area (Å²) in [6.45, 7) is 0.643. The number of nitrogens with zero attached hydrogens (tertiary/aromatic N) is 1. The predicted molar refractivity (Wildman–Crippen MR) is 71.3 cm³/mol. The molecule has 18 heavy (non-hydrogen) atoms. The van der Waals surface area contributed by atoms with Crippen molar-refractivity contribution in [3.63, 3.8) is 0 Å². The number of nitro groups is 1. The highest BCUT2D eigenvalue weighted by molar-refractivity contribution is 9.10. The molecule has 0 aliphatic heterocycles. The van der Waals surface area contributed by atoms with Crippen molar-refractivity contribution in [1.29, 1.82) is 0 Å². The van der Waals surface area contributed by atoms with Gasteiger partial charge in [0.15, 0.2) is 0 Å². The summed E-state index contributed by atoms with van der Waals surface area (Å²) < 4.78 is 6.27. The van der Waals surface area contributed by atoms with Crippen LogP contribution in [0.15, 0.2) is 39.2 Å². The Morgan fingerprint density at radius 3 is 2.78 bits per heavy atom. The van der Waals surface area contributed by atoms with E-state index >= 15 is 0 Å². The van der Waals surface area contributed by atoms with E-state index < -0.39 is 4.92 Å². The number of nitrogens with one attached hydrogen (secondary N) is 1. The molecule has 0 saturated heterocycles. The molecule has 1 heterocycles. The molecule has 0 unspecified atom stereocenters. The highest BCUT2D eigenvalue weighted by Crippen LogP contribution is 2.32. The quantitative estimate of drug-likeness (QED) is 0.694. The van der Waals surface area contributed by atoms with Gasteiger partial charge in [-0.2, -0.15) is 0 Å². The van der Waals surface area contributed by atoms with Crippen molar-refractivity contribution in [3.05, 3.63) is 50.7 Å². The maximum Gasteiger partial charge on any atom is 0.270 e. The molecular formula is C12H11BrN2O3. The van der Waals surface area contributed by atoms with E-state index in [9.17, 15) is 10.1 Å². The topological polar surface area (TPSA) is 68.3 Å². The Kier molecular flexibility index (Phi) is 3.78. The summed E-state index contributed by atoms with van der Waals surface area (Å²) in [5.41, 5.74) is 0.843. The summed E-state index contributed by atoms with van der Waals surface area (Å²) in [5.74, 6) is 1.50. The number of benzene rings is 1. The zero-order valence-corrected chi connectivity index (χ0v) is 11.2. The van der Waals surface area contributed by atoms with E-state index in [1.807, 2.05) is 19.2 Å². The van der Waals surface area contributed by atoms with Gasteiger partial charge in [-0.15, -0.1) is 0 Å². The van der Waals surface area contributed by atoms with Crippen LogP contribution in [0.3, 0.4) is 0 Å². The van der Waals surface area contributed by atoms with Crippen LogP contribution in [0.4, 0.5) is 5.69 Å². The lowest BCUT2D eigenvalue weighted by atomic mass is 10.1.